The largest absolute Gasteiger partial charge is 0.480 e. The van der Waals surface area contributed by atoms with E-state index in [1.807, 2.05) is 0 Å². The summed E-state index contributed by atoms with van der Waals surface area (Å²) in [5.74, 6) is -0.823. The molecule has 7 nitrogen and oxygen atoms in total. The molecule has 152 valence electrons. The first-order valence-electron chi connectivity index (χ1n) is 8.91. The first-order valence-corrected chi connectivity index (χ1v) is 8.91. The summed E-state index contributed by atoms with van der Waals surface area (Å²) in [5, 5.41) is 2.69. The van der Waals surface area contributed by atoms with Crippen LogP contribution in [0.5, 0.6) is 5.75 Å². The predicted octanol–water partition coefficient (Wildman–Crippen LogP) is 2.22. The maximum Gasteiger partial charge on any atom is 0.296 e. The fourth-order valence-corrected chi connectivity index (χ4v) is 2.58. The maximum atomic E-state index is 13.0. The molecule has 0 aliphatic carbocycles. The van der Waals surface area contributed by atoms with Crippen LogP contribution in [-0.4, -0.2) is 21.1 Å². The molecule has 0 spiro atoms. The first-order chi connectivity index (χ1) is 12.8. The van der Waals surface area contributed by atoms with E-state index in [1.54, 1.807) is 46.8 Å². The summed E-state index contributed by atoms with van der Waals surface area (Å²) in [5.41, 5.74) is 4.55. The van der Waals surface area contributed by atoms with Crippen molar-refractivity contribution in [3.8, 4) is 5.75 Å². The molecule has 1 aromatic carbocycles. The standard InChI is InChI=1S/C20H27FN4O3/c1-19(2,3)28-15-14(24-18(20(4,5)22)25(6)17(15)27)16(26)23-11-12-7-9-13(21)10-8-12/h7-10H,11,22H2,1-6H3,(H,23,26). The highest BCUT2D eigenvalue weighted by Gasteiger charge is 2.29. The number of amides is 1. The molecule has 1 aromatic heterocycles. The Morgan fingerprint density at radius 1 is 1.21 bits per heavy atom. The summed E-state index contributed by atoms with van der Waals surface area (Å²) < 4.78 is 20.1. The minimum absolute atomic E-state index is 0.131. The monoisotopic (exact) mass is 390 g/mol. The van der Waals surface area contributed by atoms with Crippen LogP contribution in [0, 0.1) is 5.82 Å². The van der Waals surface area contributed by atoms with Crippen LogP contribution in [0.3, 0.4) is 0 Å². The number of rotatable bonds is 5. The molecular formula is C20H27FN4O3. The highest BCUT2D eigenvalue weighted by molar-refractivity contribution is 5.94. The molecule has 2 aromatic rings. The van der Waals surface area contributed by atoms with E-state index >= 15 is 0 Å². The van der Waals surface area contributed by atoms with Crippen LogP contribution < -0.4 is 21.3 Å². The molecule has 0 saturated heterocycles. The highest BCUT2D eigenvalue weighted by atomic mass is 19.1. The number of carbonyl (C=O) groups is 1. The number of nitrogens with two attached hydrogens (primary N) is 1. The summed E-state index contributed by atoms with van der Waals surface area (Å²) >= 11 is 0. The van der Waals surface area contributed by atoms with Crippen LogP contribution in [0.25, 0.3) is 0 Å². The van der Waals surface area contributed by atoms with E-state index in [0.717, 1.165) is 0 Å². The highest BCUT2D eigenvalue weighted by Crippen LogP contribution is 2.21. The van der Waals surface area contributed by atoms with Crippen LogP contribution in [0.4, 0.5) is 4.39 Å². The summed E-state index contributed by atoms with van der Waals surface area (Å²) in [6.07, 6.45) is 0. The van der Waals surface area contributed by atoms with Gasteiger partial charge in [0, 0.05) is 13.6 Å². The zero-order chi connectivity index (χ0) is 21.3. The van der Waals surface area contributed by atoms with Crippen molar-refractivity contribution >= 4 is 5.91 Å². The molecule has 0 bridgehead atoms. The van der Waals surface area contributed by atoms with Crippen molar-refractivity contribution in [2.45, 2.75) is 52.3 Å². The molecule has 0 unspecified atom stereocenters. The minimum Gasteiger partial charge on any atom is -0.480 e. The van der Waals surface area contributed by atoms with E-state index in [-0.39, 0.29) is 29.6 Å². The predicted molar refractivity (Wildman–Crippen MR) is 105 cm³/mol. The Balaban J connectivity index is 2.46. The lowest BCUT2D eigenvalue weighted by Gasteiger charge is -2.26. The van der Waals surface area contributed by atoms with Crippen LogP contribution in [0.1, 0.15) is 56.5 Å². The number of nitrogens with one attached hydrogen (secondary N) is 1. The summed E-state index contributed by atoms with van der Waals surface area (Å²) in [6.45, 7) is 8.85. The number of aromatic nitrogens is 2. The molecule has 0 aliphatic heterocycles. The summed E-state index contributed by atoms with van der Waals surface area (Å²) in [6, 6.07) is 5.74. The quantitative estimate of drug-likeness (QED) is 0.816. The smallest absolute Gasteiger partial charge is 0.296 e. The molecule has 0 radical (unpaired) electrons. The van der Waals surface area contributed by atoms with Gasteiger partial charge < -0.3 is 15.8 Å². The second kappa shape index (κ2) is 7.71. The van der Waals surface area contributed by atoms with Crippen molar-refractivity contribution in [3.05, 3.63) is 57.5 Å². The molecule has 0 fully saturated rings. The van der Waals surface area contributed by atoms with Crippen molar-refractivity contribution in [1.29, 1.82) is 0 Å². The number of carbonyl (C=O) groups excluding carboxylic acids is 1. The van der Waals surface area contributed by atoms with Crippen molar-refractivity contribution in [3.63, 3.8) is 0 Å². The van der Waals surface area contributed by atoms with E-state index in [1.165, 1.54) is 23.7 Å². The molecule has 2 rings (SSSR count). The Labute approximate surface area is 163 Å². The lowest BCUT2D eigenvalue weighted by atomic mass is 10.1. The number of hydrogen-bond acceptors (Lipinski definition) is 5. The first kappa shape index (κ1) is 21.6. The molecule has 28 heavy (non-hydrogen) atoms. The van der Waals surface area contributed by atoms with E-state index in [9.17, 15) is 14.0 Å². The average molecular weight is 390 g/mol. The Hall–Kier alpha value is -2.74. The van der Waals surface area contributed by atoms with Gasteiger partial charge in [0.05, 0.1) is 5.54 Å². The van der Waals surface area contributed by atoms with Crippen molar-refractivity contribution in [1.82, 2.24) is 14.9 Å². The van der Waals surface area contributed by atoms with E-state index in [4.69, 9.17) is 10.5 Å². The zero-order valence-corrected chi connectivity index (χ0v) is 17.1. The Morgan fingerprint density at radius 3 is 2.29 bits per heavy atom. The third kappa shape index (κ3) is 5.16. The topological polar surface area (TPSA) is 99.2 Å². The molecule has 0 aliphatic rings. The van der Waals surface area contributed by atoms with Gasteiger partial charge in [-0.15, -0.1) is 0 Å². The van der Waals surface area contributed by atoms with Gasteiger partial charge in [0.1, 0.15) is 17.2 Å². The molecule has 8 heteroatoms. The van der Waals surface area contributed by atoms with Gasteiger partial charge in [0.2, 0.25) is 5.75 Å². The lowest BCUT2D eigenvalue weighted by Crippen LogP contribution is -2.41. The second-order valence-corrected chi connectivity index (χ2v) is 8.22. The van der Waals surface area contributed by atoms with E-state index in [0.29, 0.717) is 5.56 Å². The average Bonchev–Trinajstić information content (AvgIpc) is 2.56. The molecule has 0 saturated carbocycles. The van der Waals surface area contributed by atoms with Gasteiger partial charge >= 0.3 is 0 Å². The zero-order valence-electron chi connectivity index (χ0n) is 17.1. The van der Waals surface area contributed by atoms with Gasteiger partial charge in [0.15, 0.2) is 5.69 Å². The number of nitrogens with zero attached hydrogens (tertiary/aromatic N) is 2. The number of ether oxygens (including phenoxy) is 1. The van der Waals surface area contributed by atoms with Gasteiger partial charge in [0.25, 0.3) is 11.5 Å². The summed E-state index contributed by atoms with van der Waals surface area (Å²) in [7, 11) is 1.54. The number of halogens is 1. The molecular weight excluding hydrogens is 363 g/mol. The van der Waals surface area contributed by atoms with E-state index < -0.39 is 22.6 Å². The second-order valence-electron chi connectivity index (χ2n) is 8.22. The van der Waals surface area contributed by atoms with Crippen molar-refractivity contribution in [2.24, 2.45) is 12.8 Å². The Bertz CT molecular complexity index is 923. The normalized spacial score (nSPS) is 12.0. The number of hydrogen-bond donors (Lipinski definition) is 2. The van der Waals surface area contributed by atoms with Gasteiger partial charge in [-0.2, -0.15) is 0 Å². The SMILES string of the molecule is Cn1c(C(C)(C)N)nc(C(=O)NCc2ccc(F)cc2)c(OC(C)(C)C)c1=O. The van der Waals surface area contributed by atoms with Crippen molar-refractivity contribution < 1.29 is 13.9 Å². The molecule has 1 amide bonds. The van der Waals surface area contributed by atoms with Gasteiger partial charge in [-0.1, -0.05) is 12.1 Å². The Morgan fingerprint density at radius 2 is 1.79 bits per heavy atom. The van der Waals surface area contributed by atoms with E-state index in [2.05, 4.69) is 10.3 Å². The van der Waals surface area contributed by atoms with Gasteiger partial charge in [-0.25, -0.2) is 9.37 Å². The van der Waals surface area contributed by atoms with Gasteiger partial charge in [-0.3, -0.25) is 14.2 Å². The van der Waals surface area contributed by atoms with Crippen LogP contribution in [0.15, 0.2) is 29.1 Å². The van der Waals surface area contributed by atoms with Crippen LogP contribution in [-0.2, 0) is 19.1 Å². The summed E-state index contributed by atoms with van der Waals surface area (Å²) in [4.78, 5) is 30.0. The van der Waals surface area contributed by atoms with Crippen molar-refractivity contribution in [2.75, 3.05) is 0 Å². The number of benzene rings is 1. The molecule has 0 atom stereocenters. The molecule has 3 N–H and O–H groups in total. The third-order valence-electron chi connectivity index (χ3n) is 3.82. The van der Waals surface area contributed by atoms with Crippen LogP contribution >= 0.6 is 0 Å². The minimum atomic E-state index is -0.944. The Kier molecular flexibility index (Phi) is 5.94. The maximum absolute atomic E-state index is 13.0. The fourth-order valence-electron chi connectivity index (χ4n) is 2.58. The van der Waals surface area contributed by atoms with Gasteiger partial charge in [-0.05, 0) is 52.3 Å². The molecule has 1 heterocycles. The van der Waals surface area contributed by atoms with Crippen LogP contribution in [0.2, 0.25) is 0 Å². The fraction of sp³-hybridized carbons (Fsp3) is 0.450. The lowest BCUT2D eigenvalue weighted by molar-refractivity contribution is 0.0917. The third-order valence-corrected chi connectivity index (χ3v) is 3.82.